The Morgan fingerprint density at radius 2 is 2.11 bits per heavy atom. The minimum Gasteiger partial charge on any atom is -0.376 e. The number of nitrogens with zero attached hydrogens (tertiary/aromatic N) is 1. The number of hydrogen-bond donors (Lipinski definition) is 1. The van der Waals surface area contributed by atoms with E-state index in [4.69, 9.17) is 10.5 Å². The fourth-order valence-corrected chi connectivity index (χ4v) is 4.17. The quantitative estimate of drug-likeness (QED) is 0.888. The monoisotopic (exact) mass is 260 g/mol. The first-order valence-electron chi connectivity index (χ1n) is 7.83. The molecule has 104 valence electrons. The smallest absolute Gasteiger partial charge is 0.0811 e. The van der Waals surface area contributed by atoms with Gasteiger partial charge in [-0.2, -0.15) is 0 Å². The fourth-order valence-electron chi connectivity index (χ4n) is 4.17. The summed E-state index contributed by atoms with van der Waals surface area (Å²) in [5, 5.41) is 0. The van der Waals surface area contributed by atoms with Crippen molar-refractivity contribution in [3.63, 3.8) is 0 Å². The molecule has 2 fully saturated rings. The summed E-state index contributed by atoms with van der Waals surface area (Å²) in [6.45, 7) is 3.18. The Kier molecular flexibility index (Phi) is 2.75. The second kappa shape index (κ2) is 4.35. The third-order valence-corrected chi connectivity index (χ3v) is 5.22. The van der Waals surface area contributed by atoms with Gasteiger partial charge in [0.2, 0.25) is 0 Å². The molecule has 1 saturated heterocycles. The molecule has 1 saturated carbocycles. The molecule has 2 aliphatic carbocycles. The molecule has 1 aromatic heterocycles. The van der Waals surface area contributed by atoms with E-state index in [9.17, 15) is 0 Å². The van der Waals surface area contributed by atoms with Crippen molar-refractivity contribution in [1.82, 2.24) is 4.57 Å². The van der Waals surface area contributed by atoms with E-state index in [2.05, 4.69) is 17.6 Å². The maximum Gasteiger partial charge on any atom is 0.0811 e. The van der Waals surface area contributed by atoms with Crippen LogP contribution in [0.5, 0.6) is 0 Å². The van der Waals surface area contributed by atoms with Crippen molar-refractivity contribution in [2.75, 3.05) is 6.61 Å². The Morgan fingerprint density at radius 3 is 2.89 bits per heavy atom. The number of rotatable bonds is 2. The first-order valence-corrected chi connectivity index (χ1v) is 7.83. The van der Waals surface area contributed by atoms with Gasteiger partial charge >= 0.3 is 0 Å². The van der Waals surface area contributed by atoms with E-state index in [0.29, 0.717) is 12.1 Å². The molecule has 19 heavy (non-hydrogen) atoms. The van der Waals surface area contributed by atoms with E-state index in [1.165, 1.54) is 49.1 Å². The van der Waals surface area contributed by atoms with Gasteiger partial charge in [-0.05, 0) is 63.0 Å². The minimum atomic E-state index is 0.255. The molecule has 0 bridgehead atoms. The van der Waals surface area contributed by atoms with Gasteiger partial charge in [-0.1, -0.05) is 0 Å². The van der Waals surface area contributed by atoms with E-state index in [1.807, 2.05) is 0 Å². The van der Waals surface area contributed by atoms with E-state index in [-0.39, 0.29) is 6.04 Å². The predicted molar refractivity (Wildman–Crippen MR) is 75.2 cm³/mol. The number of hydrogen-bond acceptors (Lipinski definition) is 2. The first kappa shape index (κ1) is 12.0. The number of aryl methyl sites for hydroxylation is 1. The van der Waals surface area contributed by atoms with Gasteiger partial charge in [-0.15, -0.1) is 0 Å². The summed E-state index contributed by atoms with van der Waals surface area (Å²) in [5.74, 6) is 0.821. The van der Waals surface area contributed by atoms with Crippen LogP contribution in [0.4, 0.5) is 0 Å². The fraction of sp³-hybridized carbons (Fsp3) is 0.750. The van der Waals surface area contributed by atoms with Gasteiger partial charge in [0.05, 0.1) is 12.1 Å². The molecule has 0 spiro atoms. The average Bonchev–Trinajstić information content (AvgIpc) is 3.02. The normalized spacial score (nSPS) is 34.5. The van der Waals surface area contributed by atoms with Crippen LogP contribution in [-0.2, 0) is 11.2 Å². The zero-order chi connectivity index (χ0) is 13.0. The summed E-state index contributed by atoms with van der Waals surface area (Å²) in [7, 11) is 0. The molecule has 0 radical (unpaired) electrons. The Morgan fingerprint density at radius 1 is 1.26 bits per heavy atom. The Balaban J connectivity index is 1.74. The molecule has 0 aromatic carbocycles. The van der Waals surface area contributed by atoms with Crippen molar-refractivity contribution in [2.24, 2.45) is 11.7 Å². The summed E-state index contributed by atoms with van der Waals surface area (Å²) < 4.78 is 8.62. The third kappa shape index (κ3) is 1.86. The highest BCUT2D eigenvalue weighted by atomic mass is 16.5. The van der Waals surface area contributed by atoms with Crippen LogP contribution in [0.15, 0.2) is 6.07 Å². The lowest BCUT2D eigenvalue weighted by Crippen LogP contribution is -2.26. The van der Waals surface area contributed by atoms with E-state index < -0.39 is 0 Å². The van der Waals surface area contributed by atoms with E-state index in [1.54, 1.807) is 0 Å². The molecule has 3 nitrogen and oxygen atoms in total. The number of aromatic nitrogens is 1. The second-order valence-corrected chi connectivity index (χ2v) is 6.59. The van der Waals surface area contributed by atoms with Crippen LogP contribution in [-0.4, -0.2) is 17.3 Å². The zero-order valence-corrected chi connectivity index (χ0v) is 11.8. The molecule has 2 N–H and O–H groups in total. The third-order valence-electron chi connectivity index (χ3n) is 5.22. The SMILES string of the molecule is Cc1cc2c(n1C1CCOC1C1CC1)CCCC2N. The molecule has 1 aliphatic heterocycles. The highest BCUT2D eigenvalue weighted by Gasteiger charge is 2.42. The molecule has 3 heteroatoms. The van der Waals surface area contributed by atoms with Crippen molar-refractivity contribution in [1.29, 1.82) is 0 Å². The van der Waals surface area contributed by atoms with Crippen LogP contribution in [0.1, 0.15) is 61.1 Å². The maximum atomic E-state index is 6.29. The molecule has 1 aromatic rings. The maximum absolute atomic E-state index is 6.29. The minimum absolute atomic E-state index is 0.255. The Bertz CT molecular complexity index is 489. The lowest BCUT2D eigenvalue weighted by molar-refractivity contribution is 0.0741. The van der Waals surface area contributed by atoms with Crippen LogP contribution in [0.25, 0.3) is 0 Å². The molecular weight excluding hydrogens is 236 g/mol. The molecule has 2 heterocycles. The van der Waals surface area contributed by atoms with Crippen LogP contribution in [0.2, 0.25) is 0 Å². The zero-order valence-electron chi connectivity index (χ0n) is 11.8. The lowest BCUT2D eigenvalue weighted by atomic mass is 9.93. The van der Waals surface area contributed by atoms with E-state index >= 15 is 0 Å². The largest absolute Gasteiger partial charge is 0.376 e. The number of nitrogens with two attached hydrogens (primary N) is 1. The molecule has 3 aliphatic rings. The Hall–Kier alpha value is -0.800. The molecule has 0 amide bonds. The molecule has 4 rings (SSSR count). The Labute approximate surface area is 115 Å². The summed E-state index contributed by atoms with van der Waals surface area (Å²) >= 11 is 0. The number of ether oxygens (including phenoxy) is 1. The number of fused-ring (bicyclic) bond motifs is 1. The second-order valence-electron chi connectivity index (χ2n) is 6.59. The van der Waals surface area contributed by atoms with E-state index in [0.717, 1.165) is 18.9 Å². The van der Waals surface area contributed by atoms with Crippen LogP contribution in [0.3, 0.4) is 0 Å². The lowest BCUT2D eigenvalue weighted by Gasteiger charge is -2.27. The standard InChI is InChI=1S/C16H24N2O/c1-10-9-12-13(17)3-2-4-14(12)18(10)15-7-8-19-16(15)11-5-6-11/h9,11,13,15-16H,2-8,17H2,1H3. The molecule has 3 unspecified atom stereocenters. The van der Waals surface area contributed by atoms with Gasteiger partial charge in [0.25, 0.3) is 0 Å². The highest BCUT2D eigenvalue weighted by molar-refractivity contribution is 5.33. The van der Waals surface area contributed by atoms with Crippen molar-refractivity contribution < 1.29 is 4.74 Å². The van der Waals surface area contributed by atoms with Gasteiger partial charge in [-0.3, -0.25) is 0 Å². The summed E-state index contributed by atoms with van der Waals surface area (Å²) in [5.41, 5.74) is 10.6. The van der Waals surface area contributed by atoms with Crippen LogP contribution < -0.4 is 5.73 Å². The van der Waals surface area contributed by atoms with Gasteiger partial charge < -0.3 is 15.0 Å². The molecular formula is C16H24N2O. The van der Waals surface area contributed by atoms with Crippen molar-refractivity contribution >= 4 is 0 Å². The summed E-state index contributed by atoms with van der Waals surface area (Å²) in [6.07, 6.45) is 7.95. The summed E-state index contributed by atoms with van der Waals surface area (Å²) in [6, 6.07) is 3.16. The van der Waals surface area contributed by atoms with Gasteiger partial charge in [-0.25, -0.2) is 0 Å². The van der Waals surface area contributed by atoms with Crippen LogP contribution in [0, 0.1) is 12.8 Å². The van der Waals surface area contributed by atoms with Gasteiger partial charge in [0, 0.05) is 24.0 Å². The van der Waals surface area contributed by atoms with Crippen molar-refractivity contribution in [2.45, 2.75) is 63.6 Å². The van der Waals surface area contributed by atoms with Crippen molar-refractivity contribution in [3.8, 4) is 0 Å². The first-order chi connectivity index (χ1) is 9.25. The van der Waals surface area contributed by atoms with Crippen LogP contribution >= 0.6 is 0 Å². The van der Waals surface area contributed by atoms with Gasteiger partial charge in [0.15, 0.2) is 0 Å². The topological polar surface area (TPSA) is 40.2 Å². The average molecular weight is 260 g/mol. The van der Waals surface area contributed by atoms with Gasteiger partial charge in [0.1, 0.15) is 0 Å². The molecule has 3 atom stereocenters. The summed E-state index contributed by atoms with van der Waals surface area (Å²) in [4.78, 5) is 0. The highest BCUT2D eigenvalue weighted by Crippen LogP contribution is 2.45. The van der Waals surface area contributed by atoms with Crippen molar-refractivity contribution in [3.05, 3.63) is 23.0 Å². The predicted octanol–water partition coefficient (Wildman–Crippen LogP) is 2.87.